The molecule has 5 fully saturated rings. The summed E-state index contributed by atoms with van der Waals surface area (Å²) in [6.07, 6.45) is 22.7. The Labute approximate surface area is 707 Å². The smallest absolute Gasteiger partial charge is 0.272 e. The Morgan fingerprint density at radius 3 is 0.884 bits per heavy atom. The van der Waals surface area contributed by atoms with Crippen LogP contribution in [0.3, 0.4) is 0 Å². The Bertz CT molecular complexity index is 4630. The van der Waals surface area contributed by atoms with Crippen LogP contribution in [0.5, 0.6) is 28.7 Å². The van der Waals surface area contributed by atoms with E-state index in [9.17, 15) is 47.9 Å². The molecular formula is C98H104N8O15. The highest BCUT2D eigenvalue weighted by Gasteiger charge is 2.35. The molecule has 15 rings (SSSR count). The molecule has 121 heavy (non-hydrogen) atoms. The Hall–Kier alpha value is -13.3. The number of amides is 5. The lowest BCUT2D eigenvalue weighted by atomic mass is 10.0. The number of hydrogen-bond donors (Lipinski definition) is 0. The number of hydrogen-bond acceptors (Lipinski definition) is 18. The summed E-state index contributed by atoms with van der Waals surface area (Å²) in [4.78, 5) is 141. The number of nitrogens with zero attached hydrogens (tertiary/aromatic N) is 8. The maximum absolute atomic E-state index is 12.8. The van der Waals surface area contributed by atoms with Gasteiger partial charge in [-0.15, -0.1) is 0 Å². The molecule has 0 bridgehead atoms. The molecule has 7 aromatic carbocycles. The molecule has 5 aliphatic rings. The third-order valence-corrected chi connectivity index (χ3v) is 22.4. The van der Waals surface area contributed by atoms with Crippen LogP contribution in [0.1, 0.15) is 202 Å². The van der Waals surface area contributed by atoms with Gasteiger partial charge in [0.2, 0.25) is 0 Å². The van der Waals surface area contributed by atoms with Gasteiger partial charge in [-0.25, -0.2) is 0 Å². The fourth-order valence-electron chi connectivity index (χ4n) is 15.6. The van der Waals surface area contributed by atoms with E-state index in [2.05, 4.69) is 15.0 Å². The van der Waals surface area contributed by atoms with E-state index >= 15 is 0 Å². The molecule has 5 amide bonds. The van der Waals surface area contributed by atoms with Gasteiger partial charge >= 0.3 is 0 Å². The molecule has 626 valence electrons. The summed E-state index contributed by atoms with van der Waals surface area (Å²) in [5.74, 6) is 2.91. The van der Waals surface area contributed by atoms with Gasteiger partial charge in [0.1, 0.15) is 67.5 Å². The first-order valence-electron chi connectivity index (χ1n) is 41.3. The number of rotatable bonds is 25. The van der Waals surface area contributed by atoms with Crippen LogP contribution in [0.15, 0.2) is 225 Å². The number of aldehydes is 5. The first kappa shape index (κ1) is 88.5. The van der Waals surface area contributed by atoms with Crippen molar-refractivity contribution >= 4 is 61.0 Å². The molecule has 5 aliphatic heterocycles. The molecule has 0 saturated carbocycles. The van der Waals surface area contributed by atoms with Gasteiger partial charge in [0.05, 0.1) is 63.6 Å². The number of pyridine rings is 3. The van der Waals surface area contributed by atoms with Crippen molar-refractivity contribution < 1.29 is 71.6 Å². The number of aromatic nitrogens is 3. The fraction of sp³-hybridized carbons (Fsp3) is 0.316. The van der Waals surface area contributed by atoms with Crippen molar-refractivity contribution in [1.82, 2.24) is 39.5 Å². The minimum Gasteiger partial charge on any atom is -0.491 e. The summed E-state index contributed by atoms with van der Waals surface area (Å²) < 4.78 is 29.4. The number of likely N-dealkylation sites (tertiary alicyclic amines) is 5. The van der Waals surface area contributed by atoms with Crippen molar-refractivity contribution in [2.75, 3.05) is 65.8 Å². The zero-order valence-corrected chi connectivity index (χ0v) is 69.2. The number of benzene rings is 7. The summed E-state index contributed by atoms with van der Waals surface area (Å²) >= 11 is 0. The van der Waals surface area contributed by atoms with Crippen molar-refractivity contribution in [1.29, 1.82) is 0 Å². The average molecular weight is 1630 g/mol. The van der Waals surface area contributed by atoms with Crippen LogP contribution in [-0.4, -0.2) is 196 Å². The van der Waals surface area contributed by atoms with Crippen LogP contribution in [0, 0.1) is 34.6 Å². The maximum Gasteiger partial charge on any atom is 0.272 e. The van der Waals surface area contributed by atoms with Gasteiger partial charge in [-0.05, 0) is 224 Å². The third kappa shape index (κ3) is 23.6. The van der Waals surface area contributed by atoms with Gasteiger partial charge in [-0.1, -0.05) is 103 Å². The Morgan fingerprint density at radius 2 is 0.579 bits per heavy atom. The van der Waals surface area contributed by atoms with E-state index in [0.717, 1.165) is 156 Å². The molecule has 0 N–H and O–H groups in total. The zero-order valence-electron chi connectivity index (χ0n) is 69.2. The van der Waals surface area contributed by atoms with E-state index in [-0.39, 0.29) is 59.7 Å². The van der Waals surface area contributed by atoms with Gasteiger partial charge in [0, 0.05) is 80.4 Å². The molecule has 23 heteroatoms. The van der Waals surface area contributed by atoms with Crippen LogP contribution < -0.4 is 23.7 Å². The lowest BCUT2D eigenvalue weighted by molar-refractivity contribution is 0.0526. The number of carbonyl (C=O) groups is 10. The first-order valence-corrected chi connectivity index (χ1v) is 41.3. The molecule has 0 radical (unpaired) electrons. The van der Waals surface area contributed by atoms with E-state index in [4.69, 9.17) is 23.7 Å². The van der Waals surface area contributed by atoms with Crippen LogP contribution in [0.2, 0.25) is 0 Å². The standard InChI is InChI=1S/C21H23NO3.C20H21NO3.3C19H20N2O3/c1-16-8-7-12-20(19(16)14-23)25-15-18-11-5-6-13-22(18)21(24)17-9-3-2-4-10-17;1-15-7-5-11-19(18(15)13-22)24-14-17-10-6-12-21(17)20(23)16-8-3-2-4-9-16;1-14-5-2-8-18(17(14)12-22)24-13-16-7-4-10-21(16)19(23)15-6-3-9-20-11-15;1-14-4-2-6-18(17(14)12-22)24-13-16-5-3-11-21(16)19(23)15-7-9-20-10-8-15;1-14-6-4-9-18(16(14)12-22)24-13-15-7-5-11-21(15)19(23)17-8-2-3-10-20-17/h2-4,7-10,12,14,18H,5-6,11,13,15H2,1H3;2-5,7-9,11,13,17H,6,10,12,14H2,1H3;2-3,5-6,8-9,11-12,16H,4,7,10,13H2,1H3;2,4,6-10,12,16H,3,5,11,13H2,1H3;2-4,6,8-10,12,15H,5,7,11,13H2,1H3/t18-;17-;2*16-;15-/m00000/s1. The van der Waals surface area contributed by atoms with E-state index in [1.807, 2.05) is 193 Å². The summed E-state index contributed by atoms with van der Waals surface area (Å²) in [5, 5.41) is 0. The van der Waals surface area contributed by atoms with E-state index in [0.29, 0.717) is 124 Å². The van der Waals surface area contributed by atoms with Gasteiger partial charge in [0.25, 0.3) is 29.5 Å². The second-order valence-corrected chi connectivity index (χ2v) is 30.3. The number of carbonyl (C=O) groups excluding carboxylic acids is 10. The average Bonchev–Trinajstić information content (AvgIpc) is 0.973. The predicted molar refractivity (Wildman–Crippen MR) is 461 cm³/mol. The molecule has 5 atom stereocenters. The summed E-state index contributed by atoms with van der Waals surface area (Å²) in [7, 11) is 0. The van der Waals surface area contributed by atoms with Crippen molar-refractivity contribution in [3.8, 4) is 28.7 Å². The van der Waals surface area contributed by atoms with E-state index < -0.39 is 0 Å². The van der Waals surface area contributed by atoms with Crippen molar-refractivity contribution in [3.05, 3.63) is 309 Å². The summed E-state index contributed by atoms with van der Waals surface area (Å²) in [6, 6.07) is 58.9. The summed E-state index contributed by atoms with van der Waals surface area (Å²) in [5.41, 5.74) is 10.4. The number of piperidine rings is 1. The van der Waals surface area contributed by atoms with Gasteiger partial charge in [-0.3, -0.25) is 62.9 Å². The first-order chi connectivity index (χ1) is 59.0. The minimum atomic E-state index is -0.0680. The van der Waals surface area contributed by atoms with Crippen LogP contribution >= 0.6 is 0 Å². The largest absolute Gasteiger partial charge is 0.491 e. The van der Waals surface area contributed by atoms with Crippen LogP contribution in [0.4, 0.5) is 0 Å². The maximum atomic E-state index is 12.8. The number of aryl methyl sites for hydroxylation is 5. The zero-order chi connectivity index (χ0) is 85.4. The van der Waals surface area contributed by atoms with E-state index in [1.54, 1.807) is 91.6 Å². The monoisotopic (exact) mass is 1630 g/mol. The van der Waals surface area contributed by atoms with Crippen molar-refractivity contribution in [3.63, 3.8) is 0 Å². The lowest BCUT2D eigenvalue weighted by Crippen LogP contribution is -2.46. The molecule has 5 saturated heterocycles. The minimum absolute atomic E-state index is 0.000444. The SMILES string of the molecule is Cc1cccc(OC[C@@H]2CCCCN2C(=O)c2ccccc2)c1C=O.Cc1cccc(OC[C@@H]2CCCN2C(=O)c2ccccc2)c1C=O.Cc1cccc(OC[C@@H]2CCCN2C(=O)c2ccccn2)c1C=O.Cc1cccc(OC[C@@H]2CCCN2C(=O)c2cccnc2)c1C=O.Cc1cccc(OC[C@@H]2CCCN2C(=O)c2ccncc2)c1C=O. The molecule has 23 nitrogen and oxygen atoms in total. The molecule has 10 aromatic rings. The van der Waals surface area contributed by atoms with Crippen LogP contribution in [-0.2, 0) is 0 Å². The molecule has 0 spiro atoms. The Balaban J connectivity index is 0.000000148. The topological polar surface area (TPSA) is 272 Å². The van der Waals surface area contributed by atoms with E-state index in [1.165, 1.54) is 0 Å². The second kappa shape index (κ2) is 45.0. The molecule has 0 unspecified atom stereocenters. The lowest BCUT2D eigenvalue weighted by Gasteiger charge is -2.35. The highest BCUT2D eigenvalue weighted by Crippen LogP contribution is 2.31. The number of ether oxygens (including phenoxy) is 5. The van der Waals surface area contributed by atoms with Crippen LogP contribution in [0.25, 0.3) is 0 Å². The molecule has 8 heterocycles. The Morgan fingerprint density at radius 1 is 0.289 bits per heavy atom. The molecule has 0 aliphatic carbocycles. The summed E-state index contributed by atoms with van der Waals surface area (Å²) in [6.45, 7) is 15.0. The predicted octanol–water partition coefficient (Wildman–Crippen LogP) is 16.0. The quantitative estimate of drug-likeness (QED) is 0.0481. The molecule has 3 aromatic heterocycles. The van der Waals surface area contributed by atoms with Gasteiger partial charge in [0.15, 0.2) is 31.4 Å². The Kier molecular flexibility index (Phi) is 32.9. The van der Waals surface area contributed by atoms with Crippen molar-refractivity contribution in [2.24, 2.45) is 0 Å². The second-order valence-electron chi connectivity index (χ2n) is 30.3. The van der Waals surface area contributed by atoms with Gasteiger partial charge in [-0.2, -0.15) is 0 Å². The normalized spacial score (nSPS) is 16.9. The van der Waals surface area contributed by atoms with Crippen molar-refractivity contribution in [2.45, 2.75) is 135 Å². The van der Waals surface area contributed by atoms with Gasteiger partial charge < -0.3 is 48.2 Å². The highest BCUT2D eigenvalue weighted by atomic mass is 16.5. The fourth-order valence-corrected chi connectivity index (χ4v) is 15.6. The highest BCUT2D eigenvalue weighted by molar-refractivity contribution is 5.97. The molecular weight excluding hydrogens is 1530 g/mol. The third-order valence-electron chi connectivity index (χ3n) is 22.4.